The molecule has 0 bridgehead atoms. The summed E-state index contributed by atoms with van der Waals surface area (Å²) in [6, 6.07) is 8.09. The Morgan fingerprint density at radius 3 is 1.82 bits per heavy atom. The summed E-state index contributed by atoms with van der Waals surface area (Å²) in [7, 11) is 1.72. The van der Waals surface area contributed by atoms with E-state index < -0.39 is 14.5 Å². The molecule has 0 unspecified atom stereocenters. The van der Waals surface area contributed by atoms with Gasteiger partial charge in [0.1, 0.15) is 5.75 Å². The lowest BCUT2D eigenvalue weighted by Crippen LogP contribution is -2.21. The van der Waals surface area contributed by atoms with Crippen LogP contribution in [0.15, 0.2) is 24.3 Å². The van der Waals surface area contributed by atoms with Gasteiger partial charge in [-0.2, -0.15) is 0 Å². The Hall–Kier alpha value is -0.648. The van der Waals surface area contributed by atoms with Gasteiger partial charge in [0.25, 0.3) is 0 Å². The minimum Gasteiger partial charge on any atom is -0.640 e. The third kappa shape index (κ3) is 8.11. The molecule has 0 atom stereocenters. The highest BCUT2D eigenvalue weighted by Crippen LogP contribution is 2.28. The van der Waals surface area contributed by atoms with Gasteiger partial charge >= 0.3 is 14.5 Å². The topological polar surface area (TPSA) is 18.5 Å². The van der Waals surface area contributed by atoms with Gasteiger partial charge in [-0.1, -0.05) is 87.9 Å². The minimum atomic E-state index is -1.17. The second-order valence-electron chi connectivity index (χ2n) is 6.09. The molecule has 0 amide bonds. The van der Waals surface area contributed by atoms with E-state index in [1.165, 1.54) is 61.9 Å². The SMILES string of the molecule is CCCCC[CH2][Al]([CH2]CCCCC)[O]c1ccccc1OC. The van der Waals surface area contributed by atoms with E-state index in [2.05, 4.69) is 19.9 Å². The summed E-state index contributed by atoms with van der Waals surface area (Å²) in [6.07, 6.45) is 10.7. The number of hydrogen-bond acceptors (Lipinski definition) is 2. The van der Waals surface area contributed by atoms with Crippen LogP contribution in [0.2, 0.25) is 10.6 Å². The summed E-state index contributed by atoms with van der Waals surface area (Å²) in [4.78, 5) is 0. The van der Waals surface area contributed by atoms with E-state index in [0.717, 1.165) is 11.5 Å². The van der Waals surface area contributed by atoms with Gasteiger partial charge in [-0.15, -0.1) is 0 Å². The molecule has 0 aliphatic carbocycles. The molecule has 1 rings (SSSR count). The fourth-order valence-electron chi connectivity index (χ4n) is 2.76. The van der Waals surface area contributed by atoms with Gasteiger partial charge in [-0.05, 0) is 12.1 Å². The van der Waals surface area contributed by atoms with Crippen LogP contribution in [0.1, 0.15) is 65.2 Å². The highest BCUT2D eigenvalue weighted by Gasteiger charge is 2.23. The molecule has 0 aliphatic rings. The molecule has 1 aromatic carbocycles. The first-order valence-electron chi connectivity index (χ1n) is 9.11. The van der Waals surface area contributed by atoms with Crippen LogP contribution in [-0.4, -0.2) is 21.6 Å². The molecule has 0 aromatic heterocycles. The third-order valence-electron chi connectivity index (χ3n) is 4.12. The Bertz CT molecular complexity index is 369. The van der Waals surface area contributed by atoms with Crippen LogP contribution in [0.4, 0.5) is 0 Å². The van der Waals surface area contributed by atoms with Gasteiger partial charge in [-0.3, -0.25) is 0 Å². The Labute approximate surface area is 141 Å². The van der Waals surface area contributed by atoms with Gasteiger partial charge in [0.05, 0.1) is 7.11 Å². The van der Waals surface area contributed by atoms with E-state index in [0.29, 0.717) is 0 Å². The molecule has 124 valence electrons. The summed E-state index contributed by atoms with van der Waals surface area (Å²) in [6.45, 7) is 4.54. The van der Waals surface area contributed by atoms with Gasteiger partial charge in [0.2, 0.25) is 0 Å². The maximum Gasteiger partial charge on any atom is 0.546 e. The van der Waals surface area contributed by atoms with Crippen LogP contribution in [0.5, 0.6) is 11.5 Å². The van der Waals surface area contributed by atoms with E-state index in [1.54, 1.807) is 7.11 Å². The fourth-order valence-corrected chi connectivity index (χ4v) is 5.32. The summed E-state index contributed by atoms with van der Waals surface area (Å²) in [5, 5.41) is 2.59. The first-order chi connectivity index (χ1) is 10.8. The van der Waals surface area contributed by atoms with Gasteiger partial charge in [0.15, 0.2) is 5.75 Å². The van der Waals surface area contributed by atoms with Crippen molar-refractivity contribution in [3.8, 4) is 11.5 Å². The van der Waals surface area contributed by atoms with Crippen LogP contribution in [0, 0.1) is 0 Å². The molecule has 0 spiro atoms. The smallest absolute Gasteiger partial charge is 0.546 e. The zero-order chi connectivity index (χ0) is 16.0. The van der Waals surface area contributed by atoms with Crippen molar-refractivity contribution < 1.29 is 8.53 Å². The van der Waals surface area contributed by atoms with Gasteiger partial charge < -0.3 is 8.53 Å². The zero-order valence-electron chi connectivity index (χ0n) is 14.8. The minimum absolute atomic E-state index is 0.877. The maximum atomic E-state index is 6.41. The van der Waals surface area contributed by atoms with Crippen LogP contribution in [0.3, 0.4) is 0 Å². The lowest BCUT2D eigenvalue weighted by atomic mass is 10.2. The van der Waals surface area contributed by atoms with Crippen molar-refractivity contribution in [2.75, 3.05) is 7.11 Å². The van der Waals surface area contributed by atoms with Crippen LogP contribution < -0.4 is 8.53 Å². The van der Waals surface area contributed by atoms with Crippen molar-refractivity contribution in [3.05, 3.63) is 24.3 Å². The van der Waals surface area contributed by atoms with Crippen molar-refractivity contribution in [2.45, 2.75) is 75.8 Å². The first kappa shape index (κ1) is 19.4. The predicted octanol–water partition coefficient (Wildman–Crippen LogP) is 6.23. The van der Waals surface area contributed by atoms with E-state index in [1.807, 2.05) is 18.2 Å². The molecule has 0 saturated heterocycles. The number of ether oxygens (including phenoxy) is 1. The maximum absolute atomic E-state index is 6.41. The number of para-hydroxylation sites is 2. The Kier molecular flexibility index (Phi) is 11.3. The standard InChI is InChI=1S/C7H8O2.2C6H13.Al/c1-9-7-5-3-2-4-6(7)8;2*1-3-5-6-4-2;/h2-5,8H,1H3;2*1,3-6H2,2H3;/q;;;+1/p-1. The summed E-state index contributed by atoms with van der Waals surface area (Å²) < 4.78 is 11.8. The normalized spacial score (nSPS) is 10.5. The summed E-state index contributed by atoms with van der Waals surface area (Å²) >= 11 is -1.17. The molecule has 0 aliphatic heterocycles. The monoisotopic (exact) mass is 320 g/mol. The van der Waals surface area contributed by atoms with E-state index in [4.69, 9.17) is 8.53 Å². The molecular formula is C19H33AlO2. The molecule has 0 N–H and O–H groups in total. The largest absolute Gasteiger partial charge is 0.640 e. The lowest BCUT2D eigenvalue weighted by molar-refractivity contribution is 0.392. The molecule has 2 nitrogen and oxygen atoms in total. The van der Waals surface area contributed by atoms with Crippen molar-refractivity contribution in [2.24, 2.45) is 0 Å². The van der Waals surface area contributed by atoms with Crippen molar-refractivity contribution >= 4 is 14.5 Å². The van der Waals surface area contributed by atoms with E-state index in [-0.39, 0.29) is 0 Å². The van der Waals surface area contributed by atoms with E-state index in [9.17, 15) is 0 Å². The lowest BCUT2D eigenvalue weighted by Gasteiger charge is -2.17. The number of rotatable bonds is 13. The Morgan fingerprint density at radius 2 is 1.32 bits per heavy atom. The third-order valence-corrected chi connectivity index (χ3v) is 6.81. The van der Waals surface area contributed by atoms with Crippen molar-refractivity contribution in [1.82, 2.24) is 0 Å². The number of benzene rings is 1. The Morgan fingerprint density at radius 1 is 0.773 bits per heavy atom. The van der Waals surface area contributed by atoms with E-state index >= 15 is 0 Å². The van der Waals surface area contributed by atoms with Crippen LogP contribution in [-0.2, 0) is 0 Å². The van der Waals surface area contributed by atoms with Crippen LogP contribution in [0.25, 0.3) is 0 Å². The molecular weight excluding hydrogens is 287 g/mol. The number of hydrogen-bond donors (Lipinski definition) is 0. The number of methoxy groups -OCH3 is 1. The van der Waals surface area contributed by atoms with Crippen LogP contribution >= 0.6 is 0 Å². The Balaban J connectivity index is 2.51. The second kappa shape index (κ2) is 12.9. The summed E-state index contributed by atoms with van der Waals surface area (Å²) in [5.41, 5.74) is 0. The average molecular weight is 320 g/mol. The van der Waals surface area contributed by atoms with Gasteiger partial charge in [-0.25, -0.2) is 0 Å². The molecule has 0 heterocycles. The fraction of sp³-hybridized carbons (Fsp3) is 0.684. The van der Waals surface area contributed by atoms with Gasteiger partial charge in [0, 0.05) is 0 Å². The molecule has 0 radical (unpaired) electrons. The highest BCUT2D eigenvalue weighted by atomic mass is 27.2. The molecule has 1 aromatic rings. The molecule has 0 saturated carbocycles. The average Bonchev–Trinajstić information content (AvgIpc) is 2.55. The highest BCUT2D eigenvalue weighted by molar-refractivity contribution is 6.52. The van der Waals surface area contributed by atoms with Crippen molar-refractivity contribution in [1.29, 1.82) is 0 Å². The predicted molar refractivity (Wildman–Crippen MR) is 97.3 cm³/mol. The van der Waals surface area contributed by atoms with Crippen molar-refractivity contribution in [3.63, 3.8) is 0 Å². The molecule has 3 heteroatoms. The second-order valence-corrected chi connectivity index (χ2v) is 8.72. The summed E-state index contributed by atoms with van der Waals surface area (Å²) in [5.74, 6) is 1.83. The molecule has 22 heavy (non-hydrogen) atoms. The number of unbranched alkanes of at least 4 members (excludes halogenated alkanes) is 6. The quantitative estimate of drug-likeness (QED) is 0.317. The first-order valence-corrected chi connectivity index (χ1v) is 11.2. The zero-order valence-corrected chi connectivity index (χ0v) is 15.9. The molecule has 0 fully saturated rings.